The van der Waals surface area contributed by atoms with E-state index in [1.165, 1.54) is 42.3 Å². The van der Waals surface area contributed by atoms with Gasteiger partial charge in [-0.1, -0.05) is 12.1 Å². The molecule has 0 saturated carbocycles. The van der Waals surface area contributed by atoms with Gasteiger partial charge in [-0.25, -0.2) is 9.18 Å². The Kier molecular flexibility index (Phi) is 6.66. The van der Waals surface area contributed by atoms with Gasteiger partial charge in [0.25, 0.3) is 0 Å². The summed E-state index contributed by atoms with van der Waals surface area (Å²) in [7, 11) is 1.30. The van der Waals surface area contributed by atoms with Crippen molar-refractivity contribution in [2.75, 3.05) is 38.7 Å². The molecule has 0 aliphatic carbocycles. The number of methoxy groups -OCH3 is 1. The van der Waals surface area contributed by atoms with E-state index in [2.05, 4.69) is 5.32 Å². The number of amides is 2. The van der Waals surface area contributed by atoms with Crippen molar-refractivity contribution in [3.05, 3.63) is 53.8 Å². The molecular formula is C20H20F4N2O4. The minimum absolute atomic E-state index is 0.111. The highest BCUT2D eigenvalue weighted by Gasteiger charge is 2.29. The number of carbonyl (C=O) groups excluding carboxylic acids is 1. The largest absolute Gasteiger partial charge is 0.493 e. The first kappa shape index (κ1) is 21.7. The van der Waals surface area contributed by atoms with Gasteiger partial charge in [0.05, 0.1) is 20.3 Å². The third-order valence-electron chi connectivity index (χ3n) is 4.40. The maximum Gasteiger partial charge on any atom is 0.422 e. The van der Waals surface area contributed by atoms with Crippen molar-refractivity contribution in [1.29, 1.82) is 0 Å². The predicted octanol–water partition coefficient (Wildman–Crippen LogP) is 4.38. The Morgan fingerprint density at radius 2 is 1.93 bits per heavy atom. The van der Waals surface area contributed by atoms with Gasteiger partial charge < -0.3 is 24.4 Å². The highest BCUT2D eigenvalue weighted by atomic mass is 19.4. The molecule has 2 amide bonds. The zero-order valence-corrected chi connectivity index (χ0v) is 16.0. The summed E-state index contributed by atoms with van der Waals surface area (Å²) in [6.07, 6.45) is -4.92. The van der Waals surface area contributed by atoms with Gasteiger partial charge in [0, 0.05) is 18.3 Å². The molecule has 1 unspecified atom stereocenters. The summed E-state index contributed by atoms with van der Waals surface area (Å²) in [5, 5.41) is 2.64. The van der Waals surface area contributed by atoms with Gasteiger partial charge in [0.1, 0.15) is 11.9 Å². The molecule has 1 N–H and O–H groups in total. The maximum atomic E-state index is 13.1. The zero-order valence-electron chi connectivity index (χ0n) is 16.0. The quantitative estimate of drug-likeness (QED) is 0.718. The predicted molar refractivity (Wildman–Crippen MR) is 100 cm³/mol. The van der Waals surface area contributed by atoms with E-state index in [1.807, 2.05) is 0 Å². The number of benzene rings is 2. The van der Waals surface area contributed by atoms with Crippen LogP contribution >= 0.6 is 0 Å². The third-order valence-corrected chi connectivity index (χ3v) is 4.40. The van der Waals surface area contributed by atoms with Crippen LogP contribution in [0.25, 0.3) is 0 Å². The van der Waals surface area contributed by atoms with Crippen LogP contribution in [0.4, 0.5) is 28.0 Å². The van der Waals surface area contributed by atoms with E-state index in [-0.39, 0.29) is 36.2 Å². The molecule has 1 fully saturated rings. The number of nitrogens with zero attached hydrogens (tertiary/aromatic N) is 1. The topological polar surface area (TPSA) is 60.0 Å². The summed E-state index contributed by atoms with van der Waals surface area (Å²) >= 11 is 0. The molecule has 0 radical (unpaired) electrons. The molecular weight excluding hydrogens is 408 g/mol. The summed E-state index contributed by atoms with van der Waals surface area (Å²) in [6.45, 7) is -0.621. The third kappa shape index (κ3) is 5.76. The Hall–Kier alpha value is -3.01. The lowest BCUT2D eigenvalue weighted by atomic mass is 10.1. The lowest BCUT2D eigenvalue weighted by Crippen LogP contribution is -2.44. The van der Waals surface area contributed by atoms with Crippen molar-refractivity contribution in [3.63, 3.8) is 0 Å². The summed E-state index contributed by atoms with van der Waals surface area (Å²) in [5.41, 5.74) is 0.990. The minimum atomic E-state index is -4.51. The molecule has 1 aliphatic heterocycles. The number of ether oxygens (including phenoxy) is 3. The molecule has 1 saturated heterocycles. The van der Waals surface area contributed by atoms with Crippen LogP contribution in [0.5, 0.6) is 11.5 Å². The van der Waals surface area contributed by atoms with Crippen LogP contribution in [0.2, 0.25) is 0 Å². The molecule has 30 heavy (non-hydrogen) atoms. The Morgan fingerprint density at radius 1 is 1.20 bits per heavy atom. The Bertz CT molecular complexity index is 874. The highest BCUT2D eigenvalue weighted by molar-refractivity contribution is 5.89. The van der Waals surface area contributed by atoms with Crippen LogP contribution in [0.15, 0.2) is 42.5 Å². The lowest BCUT2D eigenvalue weighted by Gasteiger charge is -2.33. The van der Waals surface area contributed by atoms with Gasteiger partial charge >= 0.3 is 12.2 Å². The number of carbonyl (C=O) groups is 1. The Morgan fingerprint density at radius 3 is 2.60 bits per heavy atom. The first-order valence-corrected chi connectivity index (χ1v) is 9.06. The monoisotopic (exact) mass is 428 g/mol. The fraction of sp³-hybridized carbons (Fsp3) is 0.350. The van der Waals surface area contributed by atoms with Gasteiger partial charge in [-0.15, -0.1) is 0 Å². The summed E-state index contributed by atoms with van der Waals surface area (Å²) < 4.78 is 65.9. The molecule has 6 nitrogen and oxygen atoms in total. The number of halogens is 4. The van der Waals surface area contributed by atoms with Crippen molar-refractivity contribution in [3.8, 4) is 11.5 Å². The second kappa shape index (κ2) is 9.21. The molecule has 0 spiro atoms. The Balaban J connectivity index is 1.66. The minimum Gasteiger partial charge on any atom is -0.493 e. The van der Waals surface area contributed by atoms with Crippen LogP contribution in [-0.4, -0.2) is 50.5 Å². The van der Waals surface area contributed by atoms with E-state index in [9.17, 15) is 22.4 Å². The van der Waals surface area contributed by atoms with Gasteiger partial charge in [-0.2, -0.15) is 13.2 Å². The fourth-order valence-electron chi connectivity index (χ4n) is 2.94. The number of hydrogen-bond acceptors (Lipinski definition) is 4. The SMILES string of the molecule is COc1ccc(NC(=O)N2CCOC(c3ccc(F)cc3)C2)cc1OCC(F)(F)F. The molecule has 0 aromatic heterocycles. The molecule has 0 bridgehead atoms. The Labute approximate surface area is 170 Å². The molecule has 1 atom stereocenters. The first-order chi connectivity index (χ1) is 14.2. The van der Waals surface area contributed by atoms with Gasteiger partial charge in [-0.05, 0) is 29.8 Å². The normalized spacial score (nSPS) is 16.8. The van der Waals surface area contributed by atoms with E-state index in [4.69, 9.17) is 14.2 Å². The van der Waals surface area contributed by atoms with Gasteiger partial charge in [0.15, 0.2) is 18.1 Å². The molecule has 2 aromatic carbocycles. The first-order valence-electron chi connectivity index (χ1n) is 9.06. The van der Waals surface area contributed by atoms with E-state index < -0.39 is 24.9 Å². The number of rotatable bonds is 5. The molecule has 2 aromatic rings. The zero-order chi connectivity index (χ0) is 21.7. The molecule has 10 heteroatoms. The van der Waals surface area contributed by atoms with Crippen LogP contribution in [0, 0.1) is 5.82 Å². The van der Waals surface area contributed by atoms with Crippen molar-refractivity contribution in [2.24, 2.45) is 0 Å². The lowest BCUT2D eigenvalue weighted by molar-refractivity contribution is -0.153. The van der Waals surface area contributed by atoms with Crippen LogP contribution < -0.4 is 14.8 Å². The van der Waals surface area contributed by atoms with Gasteiger partial charge in [0.2, 0.25) is 0 Å². The average Bonchev–Trinajstić information content (AvgIpc) is 2.72. The highest BCUT2D eigenvalue weighted by Crippen LogP contribution is 2.32. The molecule has 162 valence electrons. The van der Waals surface area contributed by atoms with E-state index in [0.29, 0.717) is 6.54 Å². The summed E-state index contributed by atoms with van der Waals surface area (Å²) in [6, 6.07) is 9.54. The number of nitrogens with one attached hydrogen (secondary N) is 1. The van der Waals surface area contributed by atoms with E-state index in [1.54, 1.807) is 12.1 Å². The van der Waals surface area contributed by atoms with Crippen LogP contribution in [0.1, 0.15) is 11.7 Å². The molecule has 1 heterocycles. The second-order valence-corrected chi connectivity index (χ2v) is 6.56. The number of alkyl halides is 3. The maximum absolute atomic E-state index is 13.1. The fourth-order valence-corrected chi connectivity index (χ4v) is 2.94. The number of hydrogen-bond donors (Lipinski definition) is 1. The second-order valence-electron chi connectivity index (χ2n) is 6.56. The van der Waals surface area contributed by atoms with Gasteiger partial charge in [-0.3, -0.25) is 0 Å². The summed E-state index contributed by atoms with van der Waals surface area (Å²) in [4.78, 5) is 14.1. The summed E-state index contributed by atoms with van der Waals surface area (Å²) in [5.74, 6) is -0.397. The standard InChI is InChI=1S/C20H20F4N2O4/c1-28-16-7-6-15(10-17(16)30-12-20(22,23)24)25-19(27)26-8-9-29-18(11-26)13-2-4-14(21)5-3-13/h2-7,10,18H,8-9,11-12H2,1H3,(H,25,27). The van der Waals surface area contributed by atoms with Crippen molar-refractivity contribution >= 4 is 11.7 Å². The van der Waals surface area contributed by atoms with Crippen LogP contribution in [0.3, 0.4) is 0 Å². The number of urea groups is 1. The smallest absolute Gasteiger partial charge is 0.422 e. The van der Waals surface area contributed by atoms with E-state index >= 15 is 0 Å². The van der Waals surface area contributed by atoms with Crippen LogP contribution in [-0.2, 0) is 4.74 Å². The average molecular weight is 428 g/mol. The van der Waals surface area contributed by atoms with E-state index in [0.717, 1.165) is 5.56 Å². The number of morpholine rings is 1. The van der Waals surface area contributed by atoms with Crippen molar-refractivity contribution in [2.45, 2.75) is 12.3 Å². The van der Waals surface area contributed by atoms with Crippen molar-refractivity contribution < 1.29 is 36.6 Å². The van der Waals surface area contributed by atoms with Crippen molar-refractivity contribution in [1.82, 2.24) is 4.90 Å². The number of anilines is 1. The molecule has 1 aliphatic rings. The molecule has 3 rings (SSSR count).